The molecule has 1 amide bonds. The lowest BCUT2D eigenvalue weighted by Gasteiger charge is -2.34. The van der Waals surface area contributed by atoms with Crippen molar-refractivity contribution in [1.29, 1.82) is 0 Å². The Morgan fingerprint density at radius 3 is 2.76 bits per heavy atom. The summed E-state index contributed by atoms with van der Waals surface area (Å²) in [6, 6.07) is 3.41. The van der Waals surface area contributed by atoms with Crippen molar-refractivity contribution in [1.82, 2.24) is 10.2 Å². The second-order valence-electron chi connectivity index (χ2n) is 5.31. The lowest BCUT2D eigenvalue weighted by atomic mass is 9.96. The van der Waals surface area contributed by atoms with E-state index in [-0.39, 0.29) is 23.8 Å². The first-order valence-corrected chi connectivity index (χ1v) is 7.23. The molecule has 1 aliphatic rings. The fourth-order valence-corrected chi connectivity index (χ4v) is 2.59. The van der Waals surface area contributed by atoms with Crippen molar-refractivity contribution in [2.24, 2.45) is 5.92 Å². The maximum atomic E-state index is 12.1. The first-order valence-electron chi connectivity index (χ1n) is 7.23. The highest BCUT2D eigenvalue weighted by atomic mass is 16.5. The zero-order valence-electron chi connectivity index (χ0n) is 12.5. The van der Waals surface area contributed by atoms with Crippen LogP contribution < -0.4 is 5.32 Å². The number of nitrogens with zero attached hydrogens (tertiary/aromatic N) is 1. The number of nitrogens with one attached hydrogen (secondary N) is 1. The molecule has 0 aliphatic carbocycles. The van der Waals surface area contributed by atoms with Crippen molar-refractivity contribution in [3.8, 4) is 0 Å². The minimum atomic E-state index is -0.210. The Morgan fingerprint density at radius 1 is 1.48 bits per heavy atom. The van der Waals surface area contributed by atoms with Gasteiger partial charge >= 0.3 is 5.97 Å². The Labute approximate surface area is 124 Å². The van der Waals surface area contributed by atoms with E-state index in [2.05, 4.69) is 10.2 Å². The lowest BCUT2D eigenvalue weighted by molar-refractivity contribution is -0.147. The van der Waals surface area contributed by atoms with Gasteiger partial charge in [-0.05, 0) is 45.0 Å². The molecule has 0 bridgehead atoms. The third kappa shape index (κ3) is 4.07. The molecule has 21 heavy (non-hydrogen) atoms. The first kappa shape index (κ1) is 15.6. The van der Waals surface area contributed by atoms with Gasteiger partial charge in [0, 0.05) is 0 Å². The molecule has 1 aromatic heterocycles. The van der Waals surface area contributed by atoms with Gasteiger partial charge in [0.2, 0.25) is 5.91 Å². The molecule has 6 heteroatoms. The standard InChI is InChI=1S/C15H22N2O4/c1-11(14(18)16-10-13-4-3-9-21-13)17-7-5-12(6-8-17)15(19)20-2/h3-4,9,11-12H,5-8,10H2,1-2H3,(H,16,18). The number of methoxy groups -OCH3 is 1. The van der Waals surface area contributed by atoms with E-state index < -0.39 is 0 Å². The van der Waals surface area contributed by atoms with Crippen LogP contribution in [0, 0.1) is 5.92 Å². The van der Waals surface area contributed by atoms with Gasteiger partial charge in [0.15, 0.2) is 0 Å². The van der Waals surface area contributed by atoms with Crippen LogP contribution in [-0.4, -0.2) is 43.0 Å². The molecule has 0 saturated carbocycles. The summed E-state index contributed by atoms with van der Waals surface area (Å²) in [5.41, 5.74) is 0. The van der Waals surface area contributed by atoms with Crippen LogP contribution >= 0.6 is 0 Å². The molecule has 1 saturated heterocycles. The highest BCUT2D eigenvalue weighted by Crippen LogP contribution is 2.20. The van der Waals surface area contributed by atoms with Gasteiger partial charge in [-0.25, -0.2) is 0 Å². The van der Waals surface area contributed by atoms with Crippen LogP contribution in [0.2, 0.25) is 0 Å². The van der Waals surface area contributed by atoms with Crippen LogP contribution in [0.25, 0.3) is 0 Å². The zero-order valence-corrected chi connectivity index (χ0v) is 12.5. The number of esters is 1. The van der Waals surface area contributed by atoms with E-state index >= 15 is 0 Å². The normalized spacial score (nSPS) is 18.2. The van der Waals surface area contributed by atoms with Gasteiger partial charge in [-0.1, -0.05) is 0 Å². The van der Waals surface area contributed by atoms with E-state index in [0.717, 1.165) is 31.7 Å². The number of hydrogen-bond acceptors (Lipinski definition) is 5. The van der Waals surface area contributed by atoms with Crippen molar-refractivity contribution >= 4 is 11.9 Å². The molecular formula is C15H22N2O4. The molecule has 1 fully saturated rings. The van der Waals surface area contributed by atoms with E-state index in [0.29, 0.717) is 6.54 Å². The summed E-state index contributed by atoms with van der Waals surface area (Å²) in [5, 5.41) is 2.86. The van der Waals surface area contributed by atoms with Gasteiger partial charge in [0.1, 0.15) is 5.76 Å². The van der Waals surface area contributed by atoms with Crippen LogP contribution in [0.4, 0.5) is 0 Å². The predicted molar refractivity (Wildman–Crippen MR) is 76.3 cm³/mol. The summed E-state index contributed by atoms with van der Waals surface area (Å²) in [6.07, 6.45) is 3.06. The molecule has 0 radical (unpaired) electrons. The summed E-state index contributed by atoms with van der Waals surface area (Å²) < 4.78 is 9.95. The minimum absolute atomic E-state index is 0.0251. The van der Waals surface area contributed by atoms with Gasteiger partial charge in [0.25, 0.3) is 0 Å². The SMILES string of the molecule is COC(=O)C1CCN(C(C)C(=O)NCc2ccco2)CC1. The number of amides is 1. The summed E-state index contributed by atoms with van der Waals surface area (Å²) in [6.45, 7) is 3.74. The van der Waals surface area contributed by atoms with Gasteiger partial charge in [-0.3, -0.25) is 14.5 Å². The van der Waals surface area contributed by atoms with Crippen molar-refractivity contribution < 1.29 is 18.7 Å². The monoisotopic (exact) mass is 294 g/mol. The number of likely N-dealkylation sites (tertiary alicyclic amines) is 1. The molecule has 6 nitrogen and oxygen atoms in total. The zero-order chi connectivity index (χ0) is 15.2. The molecule has 1 unspecified atom stereocenters. The largest absolute Gasteiger partial charge is 0.469 e. The fraction of sp³-hybridized carbons (Fsp3) is 0.600. The van der Waals surface area contributed by atoms with Gasteiger partial charge in [-0.15, -0.1) is 0 Å². The number of piperidine rings is 1. The van der Waals surface area contributed by atoms with Crippen molar-refractivity contribution in [2.45, 2.75) is 32.4 Å². The van der Waals surface area contributed by atoms with Gasteiger partial charge in [-0.2, -0.15) is 0 Å². The van der Waals surface area contributed by atoms with Crippen LogP contribution in [0.5, 0.6) is 0 Å². The predicted octanol–water partition coefficient (Wildman–Crippen LogP) is 1.17. The smallest absolute Gasteiger partial charge is 0.308 e. The highest BCUT2D eigenvalue weighted by Gasteiger charge is 2.30. The van der Waals surface area contributed by atoms with Crippen LogP contribution in [0.1, 0.15) is 25.5 Å². The maximum absolute atomic E-state index is 12.1. The number of ether oxygens (including phenoxy) is 1. The van der Waals surface area contributed by atoms with Crippen LogP contribution in [0.15, 0.2) is 22.8 Å². The van der Waals surface area contributed by atoms with Crippen LogP contribution in [0.3, 0.4) is 0 Å². The number of hydrogen-bond donors (Lipinski definition) is 1. The Morgan fingerprint density at radius 2 is 2.19 bits per heavy atom. The molecule has 1 aromatic rings. The summed E-state index contributed by atoms with van der Waals surface area (Å²) in [5.74, 6) is 0.525. The van der Waals surface area contributed by atoms with E-state index in [9.17, 15) is 9.59 Å². The van der Waals surface area contributed by atoms with Gasteiger partial charge in [0.05, 0.1) is 31.9 Å². The van der Waals surface area contributed by atoms with Crippen molar-refractivity contribution in [2.75, 3.05) is 20.2 Å². The topological polar surface area (TPSA) is 71.8 Å². The third-order valence-corrected chi connectivity index (χ3v) is 4.01. The molecule has 1 N–H and O–H groups in total. The van der Waals surface area contributed by atoms with Crippen molar-refractivity contribution in [3.05, 3.63) is 24.2 Å². The third-order valence-electron chi connectivity index (χ3n) is 4.01. The Hall–Kier alpha value is -1.82. The second-order valence-corrected chi connectivity index (χ2v) is 5.31. The average Bonchev–Trinajstić information content (AvgIpc) is 3.04. The molecule has 2 rings (SSSR count). The van der Waals surface area contributed by atoms with Crippen LogP contribution in [-0.2, 0) is 20.9 Å². The molecular weight excluding hydrogens is 272 g/mol. The van der Waals surface area contributed by atoms with E-state index in [1.54, 1.807) is 12.3 Å². The molecule has 116 valence electrons. The van der Waals surface area contributed by atoms with Gasteiger partial charge < -0.3 is 14.5 Å². The molecule has 1 aliphatic heterocycles. The first-order chi connectivity index (χ1) is 10.1. The Balaban J connectivity index is 1.77. The van der Waals surface area contributed by atoms with Crippen molar-refractivity contribution in [3.63, 3.8) is 0 Å². The quantitative estimate of drug-likeness (QED) is 0.825. The molecule has 0 aromatic carbocycles. The average molecular weight is 294 g/mol. The highest BCUT2D eigenvalue weighted by molar-refractivity contribution is 5.81. The number of carbonyl (C=O) groups excluding carboxylic acids is 2. The summed E-state index contributed by atoms with van der Waals surface area (Å²) >= 11 is 0. The lowest BCUT2D eigenvalue weighted by Crippen LogP contribution is -2.48. The number of furan rings is 1. The second kappa shape index (κ2) is 7.26. The molecule has 1 atom stereocenters. The fourth-order valence-electron chi connectivity index (χ4n) is 2.59. The summed E-state index contributed by atoms with van der Waals surface area (Å²) in [7, 11) is 1.42. The maximum Gasteiger partial charge on any atom is 0.308 e. The Kier molecular flexibility index (Phi) is 5.38. The molecule has 0 spiro atoms. The minimum Gasteiger partial charge on any atom is -0.469 e. The van der Waals surface area contributed by atoms with E-state index in [1.165, 1.54) is 7.11 Å². The molecule has 2 heterocycles. The number of carbonyl (C=O) groups is 2. The number of rotatable bonds is 5. The van der Waals surface area contributed by atoms with E-state index in [4.69, 9.17) is 9.15 Å². The Bertz CT molecular complexity index is 464. The summed E-state index contributed by atoms with van der Waals surface area (Å²) in [4.78, 5) is 25.7. The van der Waals surface area contributed by atoms with E-state index in [1.807, 2.05) is 13.0 Å².